The largest absolute Gasteiger partial charge is 0.402 e. The first-order valence-electron chi connectivity index (χ1n) is 7.76. The Morgan fingerprint density at radius 3 is 2.64 bits per heavy atom. The van der Waals surface area contributed by atoms with Gasteiger partial charge in [-0.15, -0.1) is 0 Å². The molecule has 1 N–H and O–H groups in total. The molecule has 1 atom stereocenters. The summed E-state index contributed by atoms with van der Waals surface area (Å²) in [5, 5.41) is 0. The van der Waals surface area contributed by atoms with Crippen molar-refractivity contribution in [2.45, 2.75) is 24.9 Å². The highest BCUT2D eigenvalue weighted by Gasteiger charge is 2.61. The Hall–Kier alpha value is -1.99. The van der Waals surface area contributed by atoms with E-state index in [0.29, 0.717) is 6.61 Å². The molecule has 8 heteroatoms. The summed E-state index contributed by atoms with van der Waals surface area (Å²) >= 11 is 6.24. The monoisotopic (exact) mass is 372 g/mol. The molecule has 1 aromatic carbocycles. The zero-order valence-corrected chi connectivity index (χ0v) is 14.1. The van der Waals surface area contributed by atoms with Crippen molar-refractivity contribution in [1.29, 1.82) is 0 Å². The van der Waals surface area contributed by atoms with Gasteiger partial charge in [-0.3, -0.25) is 4.79 Å². The number of benzene rings is 1. The van der Waals surface area contributed by atoms with Gasteiger partial charge in [-0.25, -0.2) is 4.42 Å². The number of para-hydroxylation sites is 1. The second-order valence-corrected chi connectivity index (χ2v) is 6.06. The summed E-state index contributed by atoms with van der Waals surface area (Å²) in [6, 6.07) is 7.25. The van der Waals surface area contributed by atoms with Crippen LogP contribution in [-0.4, -0.2) is 24.4 Å². The average molecular weight is 373 g/mol. The normalized spacial score (nSPS) is 19.5. The number of hydrogen-bond donors (Lipinski definition) is 1. The Kier molecular flexibility index (Phi) is 4.55. The molecule has 0 saturated heterocycles. The van der Waals surface area contributed by atoms with Crippen molar-refractivity contribution in [3.63, 3.8) is 0 Å². The predicted octanol–water partition coefficient (Wildman–Crippen LogP) is 4.26. The van der Waals surface area contributed by atoms with E-state index >= 15 is 0 Å². The highest BCUT2D eigenvalue weighted by molar-refractivity contribution is 6.30. The molecule has 0 amide bonds. The van der Waals surface area contributed by atoms with Crippen LogP contribution in [0.1, 0.15) is 24.5 Å². The van der Waals surface area contributed by atoms with Gasteiger partial charge in [0.25, 0.3) is 5.56 Å². The van der Waals surface area contributed by atoms with E-state index in [1.807, 2.05) is 0 Å². The van der Waals surface area contributed by atoms with Crippen LogP contribution in [0.2, 0.25) is 0 Å². The zero-order valence-electron chi connectivity index (χ0n) is 13.4. The molecule has 1 aromatic heterocycles. The fourth-order valence-corrected chi connectivity index (χ4v) is 3.68. The van der Waals surface area contributed by atoms with Crippen molar-refractivity contribution >= 4 is 23.2 Å². The van der Waals surface area contributed by atoms with Crippen molar-refractivity contribution < 1.29 is 17.9 Å². The van der Waals surface area contributed by atoms with Crippen LogP contribution in [-0.2, 0) is 10.2 Å². The van der Waals surface area contributed by atoms with Crippen molar-refractivity contribution in [2.24, 2.45) is 0 Å². The number of H-pyrrole nitrogens is 1. The molecule has 0 bridgehead atoms. The standard InChI is InChI=1S/C17H16ClF3N2O2/c1-2-25-10-8-16(17(19,20)21)11-5-3-4-6-13(11)23(18)14-12(16)7-9-22-15(14)24/h3-7,9H,2,8,10H2,1H3,(H,22,24). The molecule has 0 fully saturated rings. The molecule has 0 saturated carbocycles. The van der Waals surface area contributed by atoms with Crippen molar-refractivity contribution in [3.05, 3.63) is 58.0 Å². The van der Waals surface area contributed by atoms with E-state index in [-0.39, 0.29) is 35.5 Å². The van der Waals surface area contributed by atoms with E-state index in [1.54, 1.807) is 13.0 Å². The second kappa shape index (κ2) is 6.38. The highest BCUT2D eigenvalue weighted by Crippen LogP contribution is 2.57. The Morgan fingerprint density at radius 1 is 1.24 bits per heavy atom. The van der Waals surface area contributed by atoms with Gasteiger partial charge in [-0.05, 0) is 31.0 Å². The van der Waals surface area contributed by atoms with Crippen LogP contribution in [0, 0.1) is 0 Å². The van der Waals surface area contributed by atoms with Crippen molar-refractivity contribution in [1.82, 2.24) is 4.98 Å². The van der Waals surface area contributed by atoms with E-state index in [9.17, 15) is 18.0 Å². The van der Waals surface area contributed by atoms with Crippen molar-refractivity contribution in [2.75, 3.05) is 17.6 Å². The zero-order chi connectivity index (χ0) is 18.2. The third-order valence-electron chi connectivity index (χ3n) is 4.48. The lowest BCUT2D eigenvalue weighted by molar-refractivity contribution is -0.183. The number of hydrogen-bond acceptors (Lipinski definition) is 3. The molecule has 0 radical (unpaired) electrons. The van der Waals surface area contributed by atoms with Crippen molar-refractivity contribution in [3.8, 4) is 0 Å². The number of fused-ring (bicyclic) bond motifs is 2. The van der Waals surface area contributed by atoms with Crippen LogP contribution in [0.5, 0.6) is 0 Å². The number of aromatic amines is 1. The van der Waals surface area contributed by atoms with E-state index < -0.39 is 17.2 Å². The molecule has 2 aromatic rings. The lowest BCUT2D eigenvalue weighted by Crippen LogP contribution is -2.48. The minimum Gasteiger partial charge on any atom is -0.382 e. The number of nitrogens with zero attached hydrogens (tertiary/aromatic N) is 1. The fourth-order valence-electron chi connectivity index (χ4n) is 3.37. The molecule has 1 aliphatic rings. The first-order valence-corrected chi connectivity index (χ1v) is 8.10. The Bertz CT molecular complexity index is 837. The van der Waals surface area contributed by atoms with Gasteiger partial charge in [0.15, 0.2) is 0 Å². The van der Waals surface area contributed by atoms with Gasteiger partial charge in [0, 0.05) is 36.8 Å². The molecule has 4 nitrogen and oxygen atoms in total. The number of alkyl halides is 3. The summed E-state index contributed by atoms with van der Waals surface area (Å²) in [7, 11) is 0. The molecular weight excluding hydrogens is 357 g/mol. The third-order valence-corrected chi connectivity index (χ3v) is 4.83. The number of pyridine rings is 1. The molecule has 1 unspecified atom stereocenters. The third kappa shape index (κ3) is 2.62. The maximum Gasteiger partial charge on any atom is 0.402 e. The van der Waals surface area contributed by atoms with Crippen LogP contribution < -0.4 is 9.98 Å². The van der Waals surface area contributed by atoms with Gasteiger partial charge in [-0.1, -0.05) is 18.2 Å². The average Bonchev–Trinajstić information content (AvgIpc) is 2.57. The Balaban J connectivity index is 2.36. The fraction of sp³-hybridized carbons (Fsp3) is 0.353. The maximum atomic E-state index is 14.4. The summed E-state index contributed by atoms with van der Waals surface area (Å²) in [6.07, 6.45) is -3.77. The molecule has 1 aliphatic heterocycles. The second-order valence-electron chi connectivity index (χ2n) is 5.72. The molecule has 3 rings (SSSR count). The van der Waals surface area contributed by atoms with Gasteiger partial charge in [0.2, 0.25) is 0 Å². The quantitative estimate of drug-likeness (QED) is 0.644. The van der Waals surface area contributed by atoms with Gasteiger partial charge >= 0.3 is 6.18 Å². The van der Waals surface area contributed by atoms with Crippen LogP contribution in [0.25, 0.3) is 0 Å². The number of rotatable bonds is 4. The Labute approximate surface area is 147 Å². The van der Waals surface area contributed by atoms with E-state index in [0.717, 1.165) is 4.42 Å². The van der Waals surface area contributed by atoms with Crippen LogP contribution in [0.4, 0.5) is 24.5 Å². The molecule has 2 heterocycles. The predicted molar refractivity (Wildman–Crippen MR) is 89.4 cm³/mol. The first-order chi connectivity index (χ1) is 11.8. The van der Waals surface area contributed by atoms with E-state index in [4.69, 9.17) is 16.5 Å². The number of ether oxygens (including phenoxy) is 1. The van der Waals surface area contributed by atoms with Crippen LogP contribution in [0.3, 0.4) is 0 Å². The SMILES string of the molecule is CCOCCC1(C(F)(F)F)c2ccccc2N(Cl)c2c1cc[nH]c2=O. The topological polar surface area (TPSA) is 45.3 Å². The van der Waals surface area contributed by atoms with E-state index in [2.05, 4.69) is 4.98 Å². The first kappa shape index (κ1) is 17.8. The lowest BCUT2D eigenvalue weighted by Gasteiger charge is -2.43. The molecular formula is C17H16ClF3N2O2. The van der Waals surface area contributed by atoms with Crippen LogP contribution >= 0.6 is 11.8 Å². The minimum absolute atomic E-state index is 0.00954. The smallest absolute Gasteiger partial charge is 0.382 e. The van der Waals surface area contributed by atoms with Gasteiger partial charge in [0.1, 0.15) is 11.1 Å². The number of aromatic nitrogens is 1. The Morgan fingerprint density at radius 2 is 1.96 bits per heavy atom. The lowest BCUT2D eigenvalue weighted by atomic mass is 9.68. The summed E-state index contributed by atoms with van der Waals surface area (Å²) < 4.78 is 49.4. The summed E-state index contributed by atoms with van der Waals surface area (Å²) in [6.45, 7) is 1.92. The molecule has 134 valence electrons. The number of halogens is 4. The number of anilines is 2. The highest BCUT2D eigenvalue weighted by atomic mass is 35.5. The van der Waals surface area contributed by atoms with Gasteiger partial charge in [0.05, 0.1) is 5.69 Å². The summed E-state index contributed by atoms with van der Waals surface area (Å²) in [4.78, 5) is 14.6. The minimum atomic E-state index is -4.64. The summed E-state index contributed by atoms with van der Waals surface area (Å²) in [5.74, 6) is 0. The molecule has 0 spiro atoms. The van der Waals surface area contributed by atoms with E-state index in [1.165, 1.54) is 30.5 Å². The molecule has 0 aliphatic carbocycles. The summed E-state index contributed by atoms with van der Waals surface area (Å²) in [5.41, 5.74) is -3.27. The van der Waals surface area contributed by atoms with Crippen LogP contribution in [0.15, 0.2) is 41.3 Å². The number of nitrogens with one attached hydrogen (secondary N) is 1. The maximum absolute atomic E-state index is 14.4. The van der Waals surface area contributed by atoms with Gasteiger partial charge < -0.3 is 9.72 Å². The van der Waals surface area contributed by atoms with Gasteiger partial charge in [-0.2, -0.15) is 13.2 Å². The molecule has 25 heavy (non-hydrogen) atoms.